The lowest BCUT2D eigenvalue weighted by molar-refractivity contribution is 0.0746. The molecule has 0 aromatic heterocycles. The van der Waals surface area contributed by atoms with Crippen LogP contribution in [0.2, 0.25) is 0 Å². The lowest BCUT2D eigenvalue weighted by Crippen LogP contribution is -2.48. The van der Waals surface area contributed by atoms with Gasteiger partial charge in [0.15, 0.2) is 0 Å². The molecule has 0 spiro atoms. The number of hydrogen-bond donors (Lipinski definition) is 0. The summed E-state index contributed by atoms with van der Waals surface area (Å²) >= 11 is 0. The molecule has 0 bridgehead atoms. The summed E-state index contributed by atoms with van der Waals surface area (Å²) in [6.07, 6.45) is 0. The topological polar surface area (TPSA) is 70.2 Å². The second kappa shape index (κ2) is 8.20. The maximum Gasteiger partial charge on any atom is 0.254 e. The van der Waals surface area contributed by atoms with E-state index in [1.54, 1.807) is 24.1 Å². The van der Waals surface area contributed by atoms with Crippen molar-refractivity contribution < 1.29 is 17.9 Å². The molecule has 3 rings (SSSR count). The molecule has 0 unspecified atom stereocenters. The van der Waals surface area contributed by atoms with Crippen molar-refractivity contribution in [2.24, 2.45) is 0 Å². The third-order valence-electron chi connectivity index (χ3n) is 4.86. The van der Waals surface area contributed by atoms with Crippen molar-refractivity contribution in [2.45, 2.75) is 4.90 Å². The van der Waals surface area contributed by atoms with Crippen molar-refractivity contribution in [1.82, 2.24) is 9.21 Å². The van der Waals surface area contributed by atoms with Crippen molar-refractivity contribution in [3.8, 4) is 5.75 Å². The van der Waals surface area contributed by atoms with Crippen molar-refractivity contribution in [3.63, 3.8) is 0 Å². The van der Waals surface area contributed by atoms with Crippen molar-refractivity contribution in [3.05, 3.63) is 54.1 Å². The number of sulfonamides is 1. The summed E-state index contributed by atoms with van der Waals surface area (Å²) in [6, 6.07) is 14.1. The van der Waals surface area contributed by atoms with Crippen LogP contribution in [0.15, 0.2) is 53.4 Å². The molecule has 0 aliphatic carbocycles. The Morgan fingerprint density at radius 3 is 2.21 bits per heavy atom. The fourth-order valence-corrected chi connectivity index (χ4v) is 4.09. The summed E-state index contributed by atoms with van der Waals surface area (Å²) in [5, 5.41) is 0. The number of rotatable bonds is 5. The number of methoxy groups -OCH3 is 1. The molecule has 8 heteroatoms. The summed E-state index contributed by atoms with van der Waals surface area (Å²) in [4.78, 5) is 17.0. The Hall–Kier alpha value is -2.58. The largest absolute Gasteiger partial charge is 0.497 e. The third-order valence-corrected chi connectivity index (χ3v) is 6.68. The molecular formula is C20H25N3O4S. The first-order chi connectivity index (χ1) is 13.3. The fourth-order valence-electron chi connectivity index (χ4n) is 3.14. The monoisotopic (exact) mass is 403 g/mol. The molecule has 1 amide bonds. The van der Waals surface area contributed by atoms with Gasteiger partial charge < -0.3 is 14.5 Å². The Balaban J connectivity index is 1.68. The predicted molar refractivity (Wildman–Crippen MR) is 108 cm³/mol. The standard InChI is InChI=1S/C20H25N3O4S/c1-21(2)28(25,26)19-6-4-5-16(15-19)20(24)23-13-11-22(12-14-23)17-7-9-18(27-3)10-8-17/h4-10,15H,11-14H2,1-3H3. The normalized spacial score (nSPS) is 15.0. The van der Waals surface area contributed by atoms with Gasteiger partial charge in [0.25, 0.3) is 5.91 Å². The van der Waals surface area contributed by atoms with Crippen LogP contribution in [0.25, 0.3) is 0 Å². The number of carbonyl (C=O) groups is 1. The van der Waals surface area contributed by atoms with Gasteiger partial charge in [-0.2, -0.15) is 0 Å². The van der Waals surface area contributed by atoms with Gasteiger partial charge in [-0.15, -0.1) is 0 Å². The Morgan fingerprint density at radius 2 is 1.64 bits per heavy atom. The lowest BCUT2D eigenvalue weighted by Gasteiger charge is -2.36. The van der Waals surface area contributed by atoms with Crippen molar-refractivity contribution >= 4 is 21.6 Å². The lowest BCUT2D eigenvalue weighted by atomic mass is 10.1. The maximum atomic E-state index is 12.9. The zero-order valence-corrected chi connectivity index (χ0v) is 17.1. The molecule has 0 N–H and O–H groups in total. The molecular weight excluding hydrogens is 378 g/mol. The number of piperazine rings is 1. The number of benzene rings is 2. The number of ether oxygens (including phenoxy) is 1. The predicted octanol–water partition coefficient (Wildman–Crippen LogP) is 1.91. The van der Waals surface area contributed by atoms with E-state index in [-0.39, 0.29) is 10.8 Å². The van der Waals surface area contributed by atoms with Gasteiger partial charge in [0.2, 0.25) is 10.0 Å². The maximum absolute atomic E-state index is 12.9. The summed E-state index contributed by atoms with van der Waals surface area (Å²) in [5.41, 5.74) is 1.48. The number of carbonyl (C=O) groups excluding carboxylic acids is 1. The van der Waals surface area contributed by atoms with Gasteiger partial charge in [-0.05, 0) is 42.5 Å². The summed E-state index contributed by atoms with van der Waals surface area (Å²) in [5.74, 6) is 0.662. The van der Waals surface area contributed by atoms with E-state index in [4.69, 9.17) is 4.74 Å². The number of amides is 1. The van der Waals surface area contributed by atoms with E-state index in [1.165, 1.54) is 26.2 Å². The Morgan fingerprint density at radius 1 is 1.00 bits per heavy atom. The SMILES string of the molecule is COc1ccc(N2CCN(C(=O)c3cccc(S(=O)(=O)N(C)C)c3)CC2)cc1. The highest BCUT2D eigenvalue weighted by molar-refractivity contribution is 7.89. The van der Waals surface area contributed by atoms with E-state index in [9.17, 15) is 13.2 Å². The molecule has 2 aromatic rings. The van der Waals surface area contributed by atoms with E-state index in [2.05, 4.69) is 4.90 Å². The molecule has 1 aliphatic heterocycles. The number of hydrogen-bond acceptors (Lipinski definition) is 5. The zero-order valence-electron chi connectivity index (χ0n) is 16.3. The zero-order chi connectivity index (χ0) is 20.3. The van der Waals surface area contributed by atoms with Crippen LogP contribution < -0.4 is 9.64 Å². The van der Waals surface area contributed by atoms with E-state index in [0.29, 0.717) is 31.7 Å². The highest BCUT2D eigenvalue weighted by Crippen LogP contribution is 2.22. The first-order valence-corrected chi connectivity index (χ1v) is 10.5. The van der Waals surface area contributed by atoms with Crippen LogP contribution in [-0.2, 0) is 10.0 Å². The van der Waals surface area contributed by atoms with Crippen LogP contribution in [-0.4, -0.2) is 70.9 Å². The van der Waals surface area contributed by atoms with Crippen molar-refractivity contribution in [1.29, 1.82) is 0 Å². The first kappa shape index (κ1) is 20.2. The molecule has 0 radical (unpaired) electrons. The minimum atomic E-state index is -3.57. The van der Waals surface area contributed by atoms with Crippen LogP contribution in [0.3, 0.4) is 0 Å². The van der Waals surface area contributed by atoms with Gasteiger partial charge in [0.1, 0.15) is 5.75 Å². The number of anilines is 1. The Bertz CT molecular complexity index is 934. The molecule has 1 aliphatic rings. The van der Waals surface area contributed by atoms with Gasteiger partial charge >= 0.3 is 0 Å². The second-order valence-electron chi connectivity index (χ2n) is 6.79. The quantitative estimate of drug-likeness (QED) is 0.763. The smallest absolute Gasteiger partial charge is 0.254 e. The second-order valence-corrected chi connectivity index (χ2v) is 8.94. The Kier molecular flexibility index (Phi) is 5.90. The van der Waals surface area contributed by atoms with Gasteiger partial charge in [-0.3, -0.25) is 4.79 Å². The molecule has 2 aromatic carbocycles. The summed E-state index contributed by atoms with van der Waals surface area (Å²) in [7, 11) is 1.02. The van der Waals surface area contributed by atoms with E-state index in [0.717, 1.165) is 15.7 Å². The molecule has 0 saturated carbocycles. The minimum absolute atomic E-state index is 0.125. The molecule has 1 fully saturated rings. The average Bonchev–Trinajstić information content (AvgIpc) is 2.73. The van der Waals surface area contributed by atoms with E-state index < -0.39 is 10.0 Å². The molecule has 7 nitrogen and oxygen atoms in total. The average molecular weight is 404 g/mol. The van der Waals surface area contributed by atoms with Gasteiger partial charge in [0.05, 0.1) is 12.0 Å². The van der Waals surface area contributed by atoms with E-state index in [1.807, 2.05) is 24.3 Å². The molecule has 150 valence electrons. The number of nitrogens with zero attached hydrogens (tertiary/aromatic N) is 3. The molecule has 1 heterocycles. The minimum Gasteiger partial charge on any atom is -0.497 e. The molecule has 0 atom stereocenters. The van der Waals surface area contributed by atoms with Crippen LogP contribution in [0, 0.1) is 0 Å². The first-order valence-electron chi connectivity index (χ1n) is 9.04. The molecule has 1 saturated heterocycles. The van der Waals surface area contributed by atoms with Gasteiger partial charge in [-0.25, -0.2) is 12.7 Å². The van der Waals surface area contributed by atoms with Crippen LogP contribution in [0.1, 0.15) is 10.4 Å². The highest BCUT2D eigenvalue weighted by atomic mass is 32.2. The Labute approximate surface area is 166 Å². The fraction of sp³-hybridized carbons (Fsp3) is 0.350. The highest BCUT2D eigenvalue weighted by Gasteiger charge is 2.24. The third kappa shape index (κ3) is 4.13. The molecule has 28 heavy (non-hydrogen) atoms. The van der Waals surface area contributed by atoms with Gasteiger partial charge in [0, 0.05) is 51.5 Å². The van der Waals surface area contributed by atoms with Crippen molar-refractivity contribution in [2.75, 3.05) is 52.3 Å². The summed E-state index contributed by atoms with van der Waals surface area (Å²) in [6.45, 7) is 2.59. The van der Waals surface area contributed by atoms with E-state index >= 15 is 0 Å². The van der Waals surface area contributed by atoms with Gasteiger partial charge in [-0.1, -0.05) is 6.07 Å². The summed E-state index contributed by atoms with van der Waals surface area (Å²) < 4.78 is 31.0. The van der Waals surface area contributed by atoms with Crippen LogP contribution in [0.4, 0.5) is 5.69 Å². The van der Waals surface area contributed by atoms with Crippen LogP contribution in [0.5, 0.6) is 5.75 Å². The van der Waals surface area contributed by atoms with Crippen LogP contribution >= 0.6 is 0 Å².